The van der Waals surface area contributed by atoms with Crippen molar-refractivity contribution < 1.29 is 19.4 Å². The van der Waals surface area contributed by atoms with Crippen molar-refractivity contribution in [2.24, 2.45) is 0 Å². The zero-order valence-corrected chi connectivity index (χ0v) is 8.19. The molecule has 1 N–H and O–H groups in total. The molecule has 1 aromatic rings. The van der Waals surface area contributed by atoms with E-state index in [-0.39, 0.29) is 12.2 Å². The summed E-state index contributed by atoms with van der Waals surface area (Å²) in [6.45, 7) is 1.26. The van der Waals surface area contributed by atoms with E-state index >= 15 is 0 Å². The van der Waals surface area contributed by atoms with E-state index in [9.17, 15) is 9.59 Å². The topological polar surface area (TPSA) is 63.6 Å². The maximum absolute atomic E-state index is 10.7. The highest BCUT2D eigenvalue weighted by atomic mass is 16.5. The number of hydrogen-bond acceptors (Lipinski definition) is 3. The molecule has 0 aliphatic rings. The van der Waals surface area contributed by atoms with E-state index in [1.165, 1.54) is 25.1 Å². The van der Waals surface area contributed by atoms with E-state index in [0.717, 1.165) is 0 Å². The second-order valence-electron chi connectivity index (χ2n) is 3.00. The largest absolute Gasteiger partial charge is 0.478 e. The molecule has 0 bridgehead atoms. The van der Waals surface area contributed by atoms with Crippen LogP contribution in [0.3, 0.4) is 0 Å². The van der Waals surface area contributed by atoms with Gasteiger partial charge in [-0.2, -0.15) is 0 Å². The van der Waals surface area contributed by atoms with Crippen molar-refractivity contribution in [2.45, 2.75) is 13.5 Å². The van der Waals surface area contributed by atoms with Gasteiger partial charge < -0.3 is 9.84 Å². The van der Waals surface area contributed by atoms with E-state index < -0.39 is 11.9 Å². The Morgan fingerprint density at radius 1 is 1.47 bits per heavy atom. The van der Waals surface area contributed by atoms with Gasteiger partial charge in [-0.05, 0) is 17.7 Å². The van der Waals surface area contributed by atoms with Crippen LogP contribution in [0.1, 0.15) is 22.8 Å². The fraction of sp³-hybridized carbons (Fsp3) is 0.200. The Hall–Kier alpha value is -1.78. The van der Waals surface area contributed by atoms with Crippen LogP contribution in [-0.4, -0.2) is 24.9 Å². The number of hydrogen-bond donors (Lipinski definition) is 1. The SMILES string of the molecule is [B]c1ccc(C(=O)O)cc1COC(C)=O. The lowest BCUT2D eigenvalue weighted by molar-refractivity contribution is -0.142. The maximum atomic E-state index is 10.7. The number of rotatable bonds is 3. The highest BCUT2D eigenvalue weighted by molar-refractivity contribution is 6.33. The van der Waals surface area contributed by atoms with Crippen molar-refractivity contribution >= 4 is 25.2 Å². The third kappa shape index (κ3) is 3.12. The second-order valence-corrected chi connectivity index (χ2v) is 3.00. The number of carboxylic acids is 1. The van der Waals surface area contributed by atoms with Crippen LogP contribution in [0.15, 0.2) is 18.2 Å². The highest BCUT2D eigenvalue weighted by Crippen LogP contribution is 2.04. The number of carboxylic acid groups (broad SMARTS) is 1. The summed E-state index contributed by atoms with van der Waals surface area (Å²) in [5.41, 5.74) is 1.01. The van der Waals surface area contributed by atoms with Crippen molar-refractivity contribution in [1.29, 1.82) is 0 Å². The number of ether oxygens (including phenoxy) is 1. The van der Waals surface area contributed by atoms with Gasteiger partial charge in [0.15, 0.2) is 0 Å². The fourth-order valence-corrected chi connectivity index (χ4v) is 1.04. The van der Waals surface area contributed by atoms with Gasteiger partial charge in [0.25, 0.3) is 0 Å². The standard InChI is InChI=1S/C10H9BO4/c1-6(12)15-5-8-4-7(10(13)14)2-3-9(8)11/h2-4H,5H2,1H3,(H,13,14). The number of carbonyl (C=O) groups excluding carboxylic acids is 1. The van der Waals surface area contributed by atoms with Gasteiger partial charge in [-0.25, -0.2) is 4.79 Å². The number of carbonyl (C=O) groups is 2. The molecule has 0 amide bonds. The summed E-state index contributed by atoms with van der Waals surface area (Å²) in [6.07, 6.45) is 0. The molecule has 0 aromatic heterocycles. The Bertz CT molecular complexity index is 400. The number of esters is 1. The van der Waals surface area contributed by atoms with Crippen molar-refractivity contribution in [3.8, 4) is 0 Å². The summed E-state index contributed by atoms with van der Waals surface area (Å²) in [5, 5.41) is 8.73. The number of aromatic carboxylic acids is 1. The first-order valence-electron chi connectivity index (χ1n) is 4.25. The zero-order chi connectivity index (χ0) is 11.4. The van der Waals surface area contributed by atoms with Crippen molar-refractivity contribution in [2.75, 3.05) is 0 Å². The molecule has 76 valence electrons. The van der Waals surface area contributed by atoms with Gasteiger partial charge in [0.05, 0.1) is 5.56 Å². The van der Waals surface area contributed by atoms with E-state index in [1.807, 2.05) is 0 Å². The molecule has 0 heterocycles. The maximum Gasteiger partial charge on any atom is 0.335 e. The molecular weight excluding hydrogens is 195 g/mol. The molecule has 0 aliphatic carbocycles. The van der Waals surface area contributed by atoms with Gasteiger partial charge in [0.1, 0.15) is 14.5 Å². The van der Waals surface area contributed by atoms with Gasteiger partial charge in [-0.1, -0.05) is 11.5 Å². The van der Waals surface area contributed by atoms with E-state index in [1.54, 1.807) is 0 Å². The fourth-order valence-electron chi connectivity index (χ4n) is 1.04. The molecule has 1 rings (SSSR count). The Morgan fingerprint density at radius 2 is 2.13 bits per heavy atom. The lowest BCUT2D eigenvalue weighted by atomic mass is 9.89. The third-order valence-electron chi connectivity index (χ3n) is 1.82. The minimum absolute atomic E-state index is 0.0116. The quantitative estimate of drug-likeness (QED) is 0.565. The van der Waals surface area contributed by atoms with Crippen molar-refractivity contribution in [3.63, 3.8) is 0 Å². The lowest BCUT2D eigenvalue weighted by Gasteiger charge is -2.07. The first-order chi connectivity index (χ1) is 7.00. The average Bonchev–Trinajstić information content (AvgIpc) is 2.16. The van der Waals surface area contributed by atoms with Gasteiger partial charge >= 0.3 is 11.9 Å². The molecule has 1 aromatic carbocycles. The predicted molar refractivity (Wildman–Crippen MR) is 54.3 cm³/mol. The smallest absolute Gasteiger partial charge is 0.335 e. The molecule has 0 fully saturated rings. The highest BCUT2D eigenvalue weighted by Gasteiger charge is 2.06. The summed E-state index contributed by atoms with van der Waals surface area (Å²) >= 11 is 0. The molecule has 0 saturated carbocycles. The monoisotopic (exact) mass is 204 g/mol. The van der Waals surface area contributed by atoms with Crippen LogP contribution in [0.5, 0.6) is 0 Å². The van der Waals surface area contributed by atoms with Gasteiger partial charge in [0, 0.05) is 6.92 Å². The van der Waals surface area contributed by atoms with Gasteiger partial charge in [-0.3, -0.25) is 4.79 Å². The Kier molecular flexibility index (Phi) is 3.49. The molecule has 4 nitrogen and oxygen atoms in total. The van der Waals surface area contributed by atoms with Crippen LogP contribution in [0, 0.1) is 0 Å². The summed E-state index contributed by atoms with van der Waals surface area (Å²) in [4.78, 5) is 21.2. The first-order valence-corrected chi connectivity index (χ1v) is 4.25. The summed E-state index contributed by atoms with van der Waals surface area (Å²) in [7, 11) is 5.59. The van der Waals surface area contributed by atoms with Crippen LogP contribution in [0.4, 0.5) is 0 Å². The van der Waals surface area contributed by atoms with Gasteiger partial charge in [0.2, 0.25) is 0 Å². The average molecular weight is 204 g/mol. The molecule has 0 aliphatic heterocycles. The summed E-state index contributed by atoms with van der Waals surface area (Å²) in [5.74, 6) is -1.48. The van der Waals surface area contributed by atoms with E-state index in [4.69, 9.17) is 17.7 Å². The lowest BCUT2D eigenvalue weighted by Crippen LogP contribution is -2.14. The third-order valence-corrected chi connectivity index (χ3v) is 1.82. The predicted octanol–water partition coefficient (Wildman–Crippen LogP) is 0.242. The minimum Gasteiger partial charge on any atom is -0.478 e. The van der Waals surface area contributed by atoms with Crippen LogP contribution < -0.4 is 5.46 Å². The first kappa shape index (κ1) is 11.3. The molecule has 0 spiro atoms. The van der Waals surface area contributed by atoms with E-state index in [0.29, 0.717) is 11.0 Å². The molecule has 0 unspecified atom stereocenters. The van der Waals surface area contributed by atoms with Crippen LogP contribution in [-0.2, 0) is 16.1 Å². The molecule has 2 radical (unpaired) electrons. The van der Waals surface area contributed by atoms with Crippen LogP contribution in [0.25, 0.3) is 0 Å². The summed E-state index contributed by atoms with van der Waals surface area (Å²) < 4.78 is 4.73. The Morgan fingerprint density at radius 3 is 2.67 bits per heavy atom. The molecule has 15 heavy (non-hydrogen) atoms. The molecule has 0 saturated heterocycles. The number of benzene rings is 1. The Labute approximate surface area is 88.3 Å². The molecule has 5 heteroatoms. The van der Waals surface area contributed by atoms with Crippen molar-refractivity contribution in [3.05, 3.63) is 29.3 Å². The summed E-state index contributed by atoms with van der Waals surface area (Å²) in [6, 6.07) is 4.26. The molecular formula is C10H9BO4. The minimum atomic E-state index is -1.04. The second kappa shape index (κ2) is 4.64. The van der Waals surface area contributed by atoms with Gasteiger partial charge in [-0.15, -0.1) is 0 Å². The molecule has 0 atom stereocenters. The van der Waals surface area contributed by atoms with Crippen molar-refractivity contribution in [1.82, 2.24) is 0 Å². The van der Waals surface area contributed by atoms with Crippen LogP contribution in [0.2, 0.25) is 0 Å². The van der Waals surface area contributed by atoms with Crippen LogP contribution >= 0.6 is 0 Å². The van der Waals surface area contributed by atoms with E-state index in [2.05, 4.69) is 0 Å². The normalized spacial score (nSPS) is 9.67. The zero-order valence-electron chi connectivity index (χ0n) is 8.19. The Balaban J connectivity index is 2.90.